The average molecular weight is 208 g/mol. The number of Topliss-reactive ketones (excluding diaryl/α,β-unsaturated/α-hetero) is 1. The van der Waals surface area contributed by atoms with Crippen molar-refractivity contribution in [2.75, 3.05) is 17.2 Å². The number of aromatic nitrogens is 2. The Balaban J connectivity index is 2.61. The Labute approximate surface area is 89.3 Å². The Kier molecular flexibility index (Phi) is 4.03. The lowest BCUT2D eigenvalue weighted by Crippen LogP contribution is -2.13. The third-order valence-corrected chi connectivity index (χ3v) is 1.62. The zero-order valence-electron chi connectivity index (χ0n) is 9.24. The lowest BCUT2D eigenvalue weighted by molar-refractivity contribution is -0.115. The summed E-state index contributed by atoms with van der Waals surface area (Å²) in [6.45, 7) is 5.88. The summed E-state index contributed by atoms with van der Waals surface area (Å²) in [7, 11) is 0. The van der Waals surface area contributed by atoms with Crippen molar-refractivity contribution in [3.8, 4) is 0 Å². The molecule has 0 aromatic carbocycles. The van der Waals surface area contributed by atoms with Crippen molar-refractivity contribution in [2.45, 2.75) is 26.8 Å². The fraction of sp³-hybridized carbons (Fsp3) is 0.500. The number of ketones is 1. The van der Waals surface area contributed by atoms with Crippen molar-refractivity contribution in [1.29, 1.82) is 0 Å². The second-order valence-electron chi connectivity index (χ2n) is 3.64. The molecule has 1 heterocycles. The lowest BCUT2D eigenvalue weighted by atomic mass is 10.4. The van der Waals surface area contributed by atoms with Gasteiger partial charge in [-0.25, -0.2) is 9.97 Å². The molecular weight excluding hydrogens is 192 g/mol. The molecule has 0 saturated carbocycles. The summed E-state index contributed by atoms with van der Waals surface area (Å²) in [5, 5.41) is 6.07. The van der Waals surface area contributed by atoms with Crippen LogP contribution in [0.1, 0.15) is 20.8 Å². The largest absolute Gasteiger partial charge is 0.368 e. The number of nitrogens with one attached hydrogen (secondary N) is 2. The van der Waals surface area contributed by atoms with Gasteiger partial charge >= 0.3 is 0 Å². The molecule has 5 nitrogen and oxygen atoms in total. The van der Waals surface area contributed by atoms with Crippen LogP contribution in [0.5, 0.6) is 0 Å². The van der Waals surface area contributed by atoms with E-state index in [-0.39, 0.29) is 12.3 Å². The standard InChI is InChI=1S/C10H16N4O/c1-7(2)14-10-4-9(12-6-13-10)11-5-8(3)15/h4,6-7H,5H2,1-3H3,(H2,11,12,13,14). The van der Waals surface area contributed by atoms with Crippen molar-refractivity contribution in [1.82, 2.24) is 9.97 Å². The molecule has 15 heavy (non-hydrogen) atoms. The predicted octanol–water partition coefficient (Wildman–Crippen LogP) is 1.30. The van der Waals surface area contributed by atoms with E-state index in [2.05, 4.69) is 20.6 Å². The van der Waals surface area contributed by atoms with Crippen LogP contribution < -0.4 is 10.6 Å². The van der Waals surface area contributed by atoms with Crippen molar-refractivity contribution in [3.05, 3.63) is 12.4 Å². The number of anilines is 2. The zero-order valence-corrected chi connectivity index (χ0v) is 9.24. The van der Waals surface area contributed by atoms with Crippen LogP contribution in [0.3, 0.4) is 0 Å². The molecule has 0 saturated heterocycles. The van der Waals surface area contributed by atoms with Gasteiger partial charge in [0.2, 0.25) is 0 Å². The highest BCUT2D eigenvalue weighted by Gasteiger charge is 2.00. The first-order valence-corrected chi connectivity index (χ1v) is 4.90. The van der Waals surface area contributed by atoms with E-state index in [0.29, 0.717) is 11.9 Å². The molecule has 0 spiro atoms. The second kappa shape index (κ2) is 5.29. The molecule has 0 aliphatic carbocycles. The van der Waals surface area contributed by atoms with Gasteiger partial charge in [0.05, 0.1) is 6.54 Å². The molecule has 0 radical (unpaired) electrons. The minimum Gasteiger partial charge on any atom is -0.368 e. The van der Waals surface area contributed by atoms with Gasteiger partial charge in [-0.3, -0.25) is 4.79 Å². The van der Waals surface area contributed by atoms with Crippen LogP contribution in [0.15, 0.2) is 12.4 Å². The Morgan fingerprint density at radius 1 is 1.40 bits per heavy atom. The van der Waals surface area contributed by atoms with E-state index in [9.17, 15) is 4.79 Å². The first kappa shape index (κ1) is 11.4. The maximum Gasteiger partial charge on any atom is 0.148 e. The van der Waals surface area contributed by atoms with Crippen LogP contribution in [-0.2, 0) is 4.79 Å². The Morgan fingerprint density at radius 3 is 2.67 bits per heavy atom. The van der Waals surface area contributed by atoms with Gasteiger partial charge in [-0.05, 0) is 20.8 Å². The van der Waals surface area contributed by atoms with Crippen LogP contribution in [0.2, 0.25) is 0 Å². The number of rotatable bonds is 5. The summed E-state index contributed by atoms with van der Waals surface area (Å²) in [5.74, 6) is 1.49. The fourth-order valence-corrected chi connectivity index (χ4v) is 1.04. The van der Waals surface area contributed by atoms with Gasteiger partial charge < -0.3 is 10.6 Å². The van der Waals surface area contributed by atoms with Gasteiger partial charge in [-0.2, -0.15) is 0 Å². The molecule has 1 rings (SSSR count). The Morgan fingerprint density at radius 2 is 2.07 bits per heavy atom. The number of hydrogen-bond donors (Lipinski definition) is 2. The molecule has 0 fully saturated rings. The van der Waals surface area contributed by atoms with Gasteiger partial charge in [0, 0.05) is 12.1 Å². The average Bonchev–Trinajstić information content (AvgIpc) is 2.14. The van der Waals surface area contributed by atoms with E-state index in [4.69, 9.17) is 0 Å². The van der Waals surface area contributed by atoms with Gasteiger partial charge in [-0.1, -0.05) is 0 Å². The highest BCUT2D eigenvalue weighted by atomic mass is 16.1. The van der Waals surface area contributed by atoms with Gasteiger partial charge in [0.25, 0.3) is 0 Å². The molecule has 2 N–H and O–H groups in total. The van der Waals surface area contributed by atoms with Crippen molar-refractivity contribution in [2.24, 2.45) is 0 Å². The van der Waals surface area contributed by atoms with Crippen LogP contribution >= 0.6 is 0 Å². The third-order valence-electron chi connectivity index (χ3n) is 1.62. The van der Waals surface area contributed by atoms with Crippen molar-refractivity contribution < 1.29 is 4.79 Å². The summed E-state index contributed by atoms with van der Waals surface area (Å²) in [6.07, 6.45) is 1.47. The Bertz CT molecular complexity index is 338. The van der Waals surface area contributed by atoms with Crippen LogP contribution in [0.4, 0.5) is 11.6 Å². The van der Waals surface area contributed by atoms with Crippen LogP contribution in [0.25, 0.3) is 0 Å². The number of carbonyl (C=O) groups excluding carboxylic acids is 1. The molecular formula is C10H16N4O. The SMILES string of the molecule is CC(=O)CNc1cc(NC(C)C)ncn1. The molecule has 82 valence electrons. The van der Waals surface area contributed by atoms with E-state index in [1.807, 2.05) is 13.8 Å². The highest BCUT2D eigenvalue weighted by molar-refractivity contribution is 5.80. The van der Waals surface area contributed by atoms with Crippen molar-refractivity contribution >= 4 is 17.4 Å². The monoisotopic (exact) mass is 208 g/mol. The smallest absolute Gasteiger partial charge is 0.148 e. The van der Waals surface area contributed by atoms with Gasteiger partial charge in [-0.15, -0.1) is 0 Å². The zero-order chi connectivity index (χ0) is 11.3. The number of nitrogens with zero attached hydrogens (tertiary/aromatic N) is 2. The molecule has 1 aromatic rings. The predicted molar refractivity (Wildman–Crippen MR) is 60.0 cm³/mol. The second-order valence-corrected chi connectivity index (χ2v) is 3.64. The van der Waals surface area contributed by atoms with E-state index in [1.54, 1.807) is 6.07 Å². The highest BCUT2D eigenvalue weighted by Crippen LogP contribution is 2.08. The fourth-order valence-electron chi connectivity index (χ4n) is 1.04. The van der Waals surface area contributed by atoms with E-state index < -0.39 is 0 Å². The molecule has 0 unspecified atom stereocenters. The molecule has 0 aliphatic rings. The summed E-state index contributed by atoms with van der Waals surface area (Å²) >= 11 is 0. The summed E-state index contributed by atoms with van der Waals surface area (Å²) in [4.78, 5) is 18.8. The minimum atomic E-state index is 0.0759. The van der Waals surface area contributed by atoms with Crippen LogP contribution in [-0.4, -0.2) is 28.3 Å². The molecule has 0 bridgehead atoms. The maximum absolute atomic E-state index is 10.8. The van der Waals surface area contributed by atoms with Crippen molar-refractivity contribution in [3.63, 3.8) is 0 Å². The van der Waals surface area contributed by atoms with Gasteiger partial charge in [0.1, 0.15) is 23.7 Å². The topological polar surface area (TPSA) is 66.9 Å². The third kappa shape index (κ3) is 4.39. The molecule has 5 heteroatoms. The normalized spacial score (nSPS) is 10.1. The minimum absolute atomic E-state index is 0.0759. The van der Waals surface area contributed by atoms with E-state index >= 15 is 0 Å². The Hall–Kier alpha value is -1.65. The van der Waals surface area contributed by atoms with E-state index in [1.165, 1.54) is 13.3 Å². The number of hydrogen-bond acceptors (Lipinski definition) is 5. The summed E-state index contributed by atoms with van der Waals surface area (Å²) in [5.41, 5.74) is 0. The number of carbonyl (C=O) groups is 1. The quantitative estimate of drug-likeness (QED) is 0.763. The summed E-state index contributed by atoms with van der Waals surface area (Å²) in [6, 6.07) is 2.10. The molecule has 0 aliphatic heterocycles. The lowest BCUT2D eigenvalue weighted by Gasteiger charge is -2.09. The molecule has 0 atom stereocenters. The van der Waals surface area contributed by atoms with Crippen LogP contribution in [0, 0.1) is 0 Å². The van der Waals surface area contributed by atoms with E-state index in [0.717, 1.165) is 5.82 Å². The van der Waals surface area contributed by atoms with Gasteiger partial charge in [0.15, 0.2) is 0 Å². The maximum atomic E-state index is 10.8. The first-order chi connectivity index (χ1) is 7.08. The first-order valence-electron chi connectivity index (χ1n) is 4.90. The molecule has 0 amide bonds. The summed E-state index contributed by atoms with van der Waals surface area (Å²) < 4.78 is 0. The molecule has 1 aromatic heterocycles.